The van der Waals surface area contributed by atoms with E-state index in [1.807, 2.05) is 56.3 Å². The van der Waals surface area contributed by atoms with Crippen LogP contribution in [0.3, 0.4) is 0 Å². The zero-order chi connectivity index (χ0) is 20.8. The molecule has 0 aromatic heterocycles. The van der Waals surface area contributed by atoms with Gasteiger partial charge in [-0.15, -0.1) is 0 Å². The van der Waals surface area contributed by atoms with Gasteiger partial charge in [-0.3, -0.25) is 14.5 Å². The van der Waals surface area contributed by atoms with Gasteiger partial charge in [0, 0.05) is 11.4 Å². The van der Waals surface area contributed by atoms with E-state index in [1.165, 1.54) is 5.56 Å². The Morgan fingerprint density at radius 3 is 2.21 bits per heavy atom. The second kappa shape index (κ2) is 9.51. The van der Waals surface area contributed by atoms with Crippen LogP contribution in [-0.4, -0.2) is 36.3 Å². The molecule has 5 heteroatoms. The van der Waals surface area contributed by atoms with Crippen molar-refractivity contribution in [3.8, 4) is 0 Å². The van der Waals surface area contributed by atoms with E-state index >= 15 is 0 Å². The zero-order valence-electron chi connectivity index (χ0n) is 17.7. The van der Waals surface area contributed by atoms with Gasteiger partial charge < -0.3 is 10.6 Å². The molecule has 0 spiro atoms. The Morgan fingerprint density at radius 1 is 0.964 bits per heavy atom. The zero-order valence-corrected chi connectivity index (χ0v) is 17.7. The number of anilines is 2. The van der Waals surface area contributed by atoms with Gasteiger partial charge in [0.25, 0.3) is 0 Å². The van der Waals surface area contributed by atoms with E-state index in [0.29, 0.717) is 5.92 Å². The first-order valence-electron chi connectivity index (χ1n) is 9.66. The second-order valence-electron chi connectivity index (χ2n) is 7.65. The molecule has 0 saturated carbocycles. The fourth-order valence-corrected chi connectivity index (χ4v) is 2.84. The summed E-state index contributed by atoms with van der Waals surface area (Å²) in [6.45, 7) is 10.2. The van der Waals surface area contributed by atoms with E-state index in [-0.39, 0.29) is 18.4 Å². The van der Waals surface area contributed by atoms with E-state index in [4.69, 9.17) is 0 Å². The number of rotatable bonds is 7. The molecular weight excluding hydrogens is 350 g/mol. The first kappa shape index (κ1) is 21.6. The lowest BCUT2D eigenvalue weighted by molar-refractivity contribution is -0.122. The van der Waals surface area contributed by atoms with Crippen molar-refractivity contribution in [3.63, 3.8) is 0 Å². The molecule has 5 nitrogen and oxygen atoms in total. The number of hydrogen-bond acceptors (Lipinski definition) is 3. The van der Waals surface area contributed by atoms with Gasteiger partial charge in [0.2, 0.25) is 11.8 Å². The minimum atomic E-state index is -0.436. The number of aryl methyl sites for hydroxylation is 1. The third-order valence-electron chi connectivity index (χ3n) is 5.16. The summed E-state index contributed by atoms with van der Waals surface area (Å²) in [7, 11) is 1.77. The van der Waals surface area contributed by atoms with Crippen molar-refractivity contribution in [1.82, 2.24) is 4.90 Å². The topological polar surface area (TPSA) is 61.4 Å². The van der Waals surface area contributed by atoms with Crippen molar-refractivity contribution in [3.05, 3.63) is 59.2 Å². The van der Waals surface area contributed by atoms with Crippen molar-refractivity contribution in [2.75, 3.05) is 24.2 Å². The average Bonchev–Trinajstić information content (AvgIpc) is 2.65. The predicted octanol–water partition coefficient (Wildman–Crippen LogP) is 4.32. The molecule has 2 aromatic carbocycles. The number of hydrogen-bond donors (Lipinski definition) is 2. The van der Waals surface area contributed by atoms with E-state index < -0.39 is 6.04 Å². The number of benzene rings is 2. The minimum Gasteiger partial charge on any atom is -0.325 e. The summed E-state index contributed by atoms with van der Waals surface area (Å²) in [5.41, 5.74) is 4.97. The molecule has 0 saturated heterocycles. The van der Waals surface area contributed by atoms with Crippen LogP contribution in [0.25, 0.3) is 0 Å². The van der Waals surface area contributed by atoms with E-state index in [1.54, 1.807) is 18.9 Å². The van der Waals surface area contributed by atoms with Gasteiger partial charge in [0.05, 0.1) is 12.6 Å². The van der Waals surface area contributed by atoms with Gasteiger partial charge in [-0.05, 0) is 68.6 Å². The fourth-order valence-electron chi connectivity index (χ4n) is 2.84. The molecule has 0 aliphatic rings. The minimum absolute atomic E-state index is 0.133. The Balaban J connectivity index is 1.91. The SMILES string of the molecule is Cc1cccc(NC(=O)CN(C)[C@@H](C)C(=O)Nc2ccc(C(C)C)cc2)c1C. The van der Waals surface area contributed by atoms with Crippen LogP contribution in [0, 0.1) is 13.8 Å². The van der Waals surface area contributed by atoms with Crippen LogP contribution >= 0.6 is 0 Å². The lowest BCUT2D eigenvalue weighted by atomic mass is 10.0. The van der Waals surface area contributed by atoms with Gasteiger partial charge >= 0.3 is 0 Å². The number of carbonyl (C=O) groups is 2. The molecule has 2 N–H and O–H groups in total. The first-order valence-corrected chi connectivity index (χ1v) is 9.66. The van der Waals surface area contributed by atoms with Crippen molar-refractivity contribution < 1.29 is 9.59 Å². The van der Waals surface area contributed by atoms with Crippen LogP contribution in [0.2, 0.25) is 0 Å². The third-order valence-corrected chi connectivity index (χ3v) is 5.16. The van der Waals surface area contributed by atoms with Crippen LogP contribution in [0.5, 0.6) is 0 Å². The highest BCUT2D eigenvalue weighted by atomic mass is 16.2. The Labute approximate surface area is 168 Å². The quantitative estimate of drug-likeness (QED) is 0.751. The Bertz CT molecular complexity index is 828. The molecule has 1 atom stereocenters. The number of likely N-dealkylation sites (N-methyl/N-ethyl adjacent to an activating group) is 1. The van der Waals surface area contributed by atoms with E-state index in [9.17, 15) is 9.59 Å². The van der Waals surface area contributed by atoms with Crippen molar-refractivity contribution in [1.29, 1.82) is 0 Å². The predicted molar refractivity (Wildman–Crippen MR) is 116 cm³/mol. The first-order chi connectivity index (χ1) is 13.2. The molecular formula is C23H31N3O2. The van der Waals surface area contributed by atoms with Crippen molar-refractivity contribution in [2.24, 2.45) is 0 Å². The van der Waals surface area contributed by atoms with Crippen molar-refractivity contribution >= 4 is 23.2 Å². The van der Waals surface area contributed by atoms with Gasteiger partial charge in [0.1, 0.15) is 0 Å². The van der Waals surface area contributed by atoms with Gasteiger partial charge in [-0.25, -0.2) is 0 Å². The highest BCUT2D eigenvalue weighted by Gasteiger charge is 2.20. The van der Waals surface area contributed by atoms with Gasteiger partial charge in [-0.1, -0.05) is 38.1 Å². The summed E-state index contributed by atoms with van der Waals surface area (Å²) in [6.07, 6.45) is 0. The molecule has 28 heavy (non-hydrogen) atoms. The maximum Gasteiger partial charge on any atom is 0.241 e. The normalized spacial score (nSPS) is 12.1. The molecule has 0 fully saturated rings. The molecule has 0 unspecified atom stereocenters. The maximum absolute atomic E-state index is 12.5. The largest absolute Gasteiger partial charge is 0.325 e. The molecule has 150 valence electrons. The third kappa shape index (κ3) is 5.67. The van der Waals surface area contributed by atoms with Gasteiger partial charge in [0.15, 0.2) is 0 Å². The molecule has 0 radical (unpaired) electrons. The summed E-state index contributed by atoms with van der Waals surface area (Å²) in [5, 5.41) is 5.85. The molecule has 0 aliphatic heterocycles. The van der Waals surface area contributed by atoms with E-state index in [2.05, 4.69) is 24.5 Å². The lowest BCUT2D eigenvalue weighted by Crippen LogP contribution is -2.43. The molecule has 0 heterocycles. The van der Waals surface area contributed by atoms with Crippen molar-refractivity contribution in [2.45, 2.75) is 46.6 Å². The summed E-state index contributed by atoms with van der Waals surface area (Å²) in [4.78, 5) is 26.6. The fraction of sp³-hybridized carbons (Fsp3) is 0.391. The molecule has 2 amide bonds. The van der Waals surface area contributed by atoms with E-state index in [0.717, 1.165) is 22.5 Å². The number of nitrogens with zero attached hydrogens (tertiary/aromatic N) is 1. The Hall–Kier alpha value is -2.66. The van der Waals surface area contributed by atoms with Crippen LogP contribution in [-0.2, 0) is 9.59 Å². The van der Waals surface area contributed by atoms with Crippen LogP contribution in [0.15, 0.2) is 42.5 Å². The smallest absolute Gasteiger partial charge is 0.241 e. The lowest BCUT2D eigenvalue weighted by Gasteiger charge is -2.23. The molecule has 0 aliphatic carbocycles. The highest BCUT2D eigenvalue weighted by molar-refractivity contribution is 5.96. The van der Waals surface area contributed by atoms with Crippen LogP contribution in [0.4, 0.5) is 11.4 Å². The molecule has 2 rings (SSSR count). The molecule has 2 aromatic rings. The van der Waals surface area contributed by atoms with Gasteiger partial charge in [-0.2, -0.15) is 0 Å². The number of nitrogens with one attached hydrogen (secondary N) is 2. The van der Waals surface area contributed by atoms with Crippen LogP contribution < -0.4 is 10.6 Å². The summed E-state index contributed by atoms with van der Waals surface area (Å²) in [6, 6.07) is 13.2. The Morgan fingerprint density at radius 2 is 1.61 bits per heavy atom. The average molecular weight is 382 g/mol. The monoisotopic (exact) mass is 381 g/mol. The molecule has 0 bridgehead atoms. The summed E-state index contributed by atoms with van der Waals surface area (Å²) < 4.78 is 0. The number of amides is 2. The highest BCUT2D eigenvalue weighted by Crippen LogP contribution is 2.19. The Kier molecular flexibility index (Phi) is 7.35. The standard InChI is InChI=1S/C23H31N3O2/c1-15(2)19-10-12-20(13-11-19)24-23(28)18(5)26(6)14-22(27)25-21-9-7-8-16(3)17(21)4/h7-13,15,18H,14H2,1-6H3,(H,24,28)(H,25,27)/t18-/m0/s1. The summed E-state index contributed by atoms with van der Waals surface area (Å²) in [5.74, 6) is 0.168. The number of carbonyl (C=O) groups excluding carboxylic acids is 2. The second-order valence-corrected chi connectivity index (χ2v) is 7.65. The summed E-state index contributed by atoms with van der Waals surface area (Å²) >= 11 is 0. The van der Waals surface area contributed by atoms with Crippen LogP contribution in [0.1, 0.15) is 43.4 Å². The maximum atomic E-state index is 12.5.